The third-order valence-electron chi connectivity index (χ3n) is 5.03. The van der Waals surface area contributed by atoms with Crippen LogP contribution in [0.2, 0.25) is 0 Å². The van der Waals surface area contributed by atoms with Gasteiger partial charge in [0.25, 0.3) is 0 Å². The van der Waals surface area contributed by atoms with Crippen LogP contribution in [0.3, 0.4) is 0 Å². The molecule has 2 fully saturated rings. The Morgan fingerprint density at radius 3 is 2.68 bits per heavy atom. The highest BCUT2D eigenvalue weighted by Gasteiger charge is 2.30. The lowest BCUT2D eigenvalue weighted by molar-refractivity contribution is 0.232. The number of nitrogens with zero attached hydrogens (tertiary/aromatic N) is 6. The zero-order chi connectivity index (χ0) is 15.1. The molecule has 0 bridgehead atoms. The Bertz CT molecular complexity index is 658. The number of anilines is 1. The summed E-state index contributed by atoms with van der Waals surface area (Å²) in [6, 6.07) is 4.79. The van der Waals surface area contributed by atoms with E-state index in [2.05, 4.69) is 39.9 Å². The van der Waals surface area contributed by atoms with Gasteiger partial charge in [0.15, 0.2) is 11.5 Å². The van der Waals surface area contributed by atoms with Gasteiger partial charge < -0.3 is 4.90 Å². The summed E-state index contributed by atoms with van der Waals surface area (Å²) >= 11 is 0. The Morgan fingerprint density at radius 2 is 1.95 bits per heavy atom. The van der Waals surface area contributed by atoms with E-state index in [0.29, 0.717) is 12.0 Å². The van der Waals surface area contributed by atoms with Gasteiger partial charge >= 0.3 is 0 Å². The molecule has 0 radical (unpaired) electrons. The van der Waals surface area contributed by atoms with Gasteiger partial charge in [-0.25, -0.2) is 0 Å². The van der Waals surface area contributed by atoms with Crippen molar-refractivity contribution in [2.24, 2.45) is 0 Å². The minimum absolute atomic E-state index is 0.569. The summed E-state index contributed by atoms with van der Waals surface area (Å²) in [6.07, 6.45) is 3.67. The van der Waals surface area contributed by atoms with Crippen molar-refractivity contribution in [2.75, 3.05) is 31.1 Å². The van der Waals surface area contributed by atoms with Crippen molar-refractivity contribution in [2.45, 2.75) is 45.1 Å². The minimum Gasteiger partial charge on any atom is -0.354 e. The average Bonchev–Trinajstić information content (AvgIpc) is 3.12. The van der Waals surface area contributed by atoms with Gasteiger partial charge in [-0.2, -0.15) is 4.52 Å². The van der Waals surface area contributed by atoms with Gasteiger partial charge in [0, 0.05) is 25.0 Å². The van der Waals surface area contributed by atoms with E-state index in [4.69, 9.17) is 5.10 Å². The normalized spacial score (nSPS) is 22.1. The number of likely N-dealkylation sites (N-methyl/N-ethyl adjacent to an activating group) is 1. The van der Waals surface area contributed by atoms with Crippen molar-refractivity contribution >= 4 is 11.5 Å². The first-order valence-corrected chi connectivity index (χ1v) is 8.51. The molecule has 0 amide bonds. The largest absolute Gasteiger partial charge is 0.354 e. The smallest absolute Gasteiger partial charge is 0.178 e. The molecule has 1 saturated heterocycles. The third-order valence-corrected chi connectivity index (χ3v) is 5.03. The maximum absolute atomic E-state index is 4.82. The van der Waals surface area contributed by atoms with Crippen LogP contribution in [0.4, 0.5) is 5.82 Å². The first-order valence-electron chi connectivity index (χ1n) is 8.51. The van der Waals surface area contributed by atoms with Crippen LogP contribution in [0, 0.1) is 0 Å². The van der Waals surface area contributed by atoms with E-state index in [-0.39, 0.29) is 0 Å². The molecule has 0 spiro atoms. The molecule has 118 valence electrons. The Balaban J connectivity index is 1.57. The van der Waals surface area contributed by atoms with Crippen LogP contribution >= 0.6 is 0 Å². The summed E-state index contributed by atoms with van der Waals surface area (Å²) in [6.45, 7) is 8.89. The quantitative estimate of drug-likeness (QED) is 0.844. The highest BCUT2D eigenvalue weighted by atomic mass is 15.4. The lowest BCUT2D eigenvalue weighted by Crippen LogP contribution is -2.37. The molecule has 3 heterocycles. The van der Waals surface area contributed by atoms with Crippen molar-refractivity contribution in [3.63, 3.8) is 0 Å². The van der Waals surface area contributed by atoms with E-state index in [1.807, 2.05) is 10.6 Å². The molecule has 6 heteroatoms. The van der Waals surface area contributed by atoms with Crippen LogP contribution in [0.5, 0.6) is 0 Å². The predicted octanol–water partition coefficient (Wildman–Crippen LogP) is 1.92. The van der Waals surface area contributed by atoms with Gasteiger partial charge in [-0.1, -0.05) is 13.8 Å². The Kier molecular flexibility index (Phi) is 3.48. The number of aromatic nitrogens is 4. The molecule has 2 aliphatic rings. The molecule has 1 unspecified atom stereocenters. The fourth-order valence-electron chi connectivity index (χ4n) is 3.55. The van der Waals surface area contributed by atoms with Crippen molar-refractivity contribution < 1.29 is 0 Å². The second kappa shape index (κ2) is 5.50. The van der Waals surface area contributed by atoms with Gasteiger partial charge in [0.05, 0.1) is 0 Å². The number of hydrogen-bond donors (Lipinski definition) is 0. The van der Waals surface area contributed by atoms with Crippen molar-refractivity contribution in [1.82, 2.24) is 24.7 Å². The van der Waals surface area contributed by atoms with Crippen LogP contribution in [0.15, 0.2) is 12.1 Å². The second-order valence-electron chi connectivity index (χ2n) is 6.40. The van der Waals surface area contributed by atoms with E-state index >= 15 is 0 Å². The molecule has 4 rings (SSSR count). The molecule has 1 aliphatic carbocycles. The summed E-state index contributed by atoms with van der Waals surface area (Å²) in [5.74, 6) is 2.67. The maximum atomic E-state index is 4.82. The fraction of sp³-hybridized carbons (Fsp3) is 0.688. The molecule has 2 aromatic heterocycles. The molecule has 0 N–H and O–H groups in total. The lowest BCUT2D eigenvalue weighted by Gasteiger charge is -2.26. The second-order valence-corrected chi connectivity index (χ2v) is 6.40. The van der Waals surface area contributed by atoms with E-state index in [1.165, 1.54) is 19.3 Å². The monoisotopic (exact) mass is 300 g/mol. The van der Waals surface area contributed by atoms with Crippen LogP contribution in [-0.4, -0.2) is 56.9 Å². The van der Waals surface area contributed by atoms with Gasteiger partial charge in [-0.3, -0.25) is 4.90 Å². The van der Waals surface area contributed by atoms with Crippen LogP contribution < -0.4 is 4.90 Å². The van der Waals surface area contributed by atoms with Gasteiger partial charge in [-0.15, -0.1) is 15.3 Å². The lowest BCUT2D eigenvalue weighted by atomic mass is 10.2. The van der Waals surface area contributed by atoms with Crippen molar-refractivity contribution in [1.29, 1.82) is 0 Å². The van der Waals surface area contributed by atoms with Gasteiger partial charge in [0.2, 0.25) is 0 Å². The highest BCUT2D eigenvalue weighted by molar-refractivity contribution is 5.47. The zero-order valence-electron chi connectivity index (χ0n) is 13.4. The standard InChI is InChI=1S/C16H24N6/c1-3-20(4-2)13-9-10-21(11-13)15-8-7-14-17-18-16(12-5-6-12)22(14)19-15/h7-8,12-13H,3-6,9-11H2,1-2H3. The zero-order valence-corrected chi connectivity index (χ0v) is 13.4. The molecular weight excluding hydrogens is 276 g/mol. The summed E-state index contributed by atoms with van der Waals surface area (Å²) < 4.78 is 1.96. The molecular formula is C16H24N6. The van der Waals surface area contributed by atoms with Crippen LogP contribution in [0.1, 0.15) is 44.9 Å². The Hall–Kier alpha value is -1.69. The third kappa shape index (κ3) is 2.35. The highest BCUT2D eigenvalue weighted by Crippen LogP contribution is 2.38. The summed E-state index contributed by atoms with van der Waals surface area (Å²) in [4.78, 5) is 4.95. The molecule has 6 nitrogen and oxygen atoms in total. The molecule has 1 atom stereocenters. The summed E-state index contributed by atoms with van der Waals surface area (Å²) in [5.41, 5.74) is 0.866. The van der Waals surface area contributed by atoms with Crippen molar-refractivity contribution in [3.8, 4) is 0 Å². The number of fused-ring (bicyclic) bond motifs is 1. The first-order chi connectivity index (χ1) is 10.8. The van der Waals surface area contributed by atoms with E-state index in [9.17, 15) is 0 Å². The van der Waals surface area contributed by atoms with E-state index in [1.54, 1.807) is 0 Å². The Labute approximate surface area is 131 Å². The molecule has 1 aliphatic heterocycles. The number of hydrogen-bond acceptors (Lipinski definition) is 5. The summed E-state index contributed by atoms with van der Waals surface area (Å²) in [5, 5.41) is 13.4. The molecule has 0 aromatic carbocycles. The molecule has 1 saturated carbocycles. The predicted molar refractivity (Wildman–Crippen MR) is 86.3 cm³/mol. The topological polar surface area (TPSA) is 49.6 Å². The first kappa shape index (κ1) is 13.9. The van der Waals surface area contributed by atoms with E-state index < -0.39 is 0 Å². The van der Waals surface area contributed by atoms with E-state index in [0.717, 1.165) is 43.5 Å². The van der Waals surface area contributed by atoms with Crippen LogP contribution in [0.25, 0.3) is 5.65 Å². The summed E-state index contributed by atoms with van der Waals surface area (Å²) in [7, 11) is 0. The fourth-order valence-corrected chi connectivity index (χ4v) is 3.55. The minimum atomic E-state index is 0.569. The SMILES string of the molecule is CCN(CC)C1CCN(c2ccc3nnc(C4CC4)n3n2)C1. The van der Waals surface area contributed by atoms with Gasteiger partial charge in [0.1, 0.15) is 5.82 Å². The molecule has 2 aromatic rings. The van der Waals surface area contributed by atoms with Crippen LogP contribution in [-0.2, 0) is 0 Å². The Morgan fingerprint density at radius 1 is 1.14 bits per heavy atom. The average molecular weight is 300 g/mol. The number of rotatable bonds is 5. The van der Waals surface area contributed by atoms with Crippen molar-refractivity contribution in [3.05, 3.63) is 18.0 Å². The maximum Gasteiger partial charge on any atom is 0.178 e. The molecule has 22 heavy (non-hydrogen) atoms. The van der Waals surface area contributed by atoms with Gasteiger partial charge in [-0.05, 0) is 44.5 Å².